The summed E-state index contributed by atoms with van der Waals surface area (Å²) < 4.78 is 5.51. The molecule has 2 atom stereocenters. The minimum Gasteiger partial charge on any atom is -0.444 e. The van der Waals surface area contributed by atoms with Gasteiger partial charge in [-0.15, -0.1) is 0 Å². The smallest absolute Gasteiger partial charge is 0.410 e. The summed E-state index contributed by atoms with van der Waals surface area (Å²) >= 11 is 0. The Labute approximate surface area is 146 Å². The van der Waals surface area contributed by atoms with Gasteiger partial charge in [-0.25, -0.2) is 4.79 Å². The fourth-order valence-corrected chi connectivity index (χ4v) is 4.35. The number of carbonyl (C=O) groups excluding carboxylic acids is 1. The van der Waals surface area contributed by atoms with Gasteiger partial charge in [0.05, 0.1) is 0 Å². The van der Waals surface area contributed by atoms with Crippen LogP contribution in [0.1, 0.15) is 40.0 Å². The molecular weight excluding hydrogens is 304 g/mol. The maximum Gasteiger partial charge on any atom is 0.410 e. The largest absolute Gasteiger partial charge is 0.444 e. The molecule has 3 rings (SSSR count). The second-order valence-electron chi connectivity index (χ2n) is 8.35. The number of carbonyl (C=O) groups is 1. The fourth-order valence-electron chi connectivity index (χ4n) is 4.35. The number of hydrogen-bond donors (Lipinski definition) is 1. The second-order valence-corrected chi connectivity index (χ2v) is 8.35. The van der Waals surface area contributed by atoms with Gasteiger partial charge in [-0.1, -0.05) is 6.42 Å². The van der Waals surface area contributed by atoms with E-state index in [-0.39, 0.29) is 6.09 Å². The Morgan fingerprint density at radius 2 is 1.46 bits per heavy atom. The third-order valence-corrected chi connectivity index (χ3v) is 5.50. The van der Waals surface area contributed by atoms with Crippen LogP contribution in [0, 0.1) is 0 Å². The minimum atomic E-state index is -0.410. The summed E-state index contributed by atoms with van der Waals surface area (Å²) in [5.41, 5.74) is -0.410. The van der Waals surface area contributed by atoms with Gasteiger partial charge in [-0.2, -0.15) is 0 Å². The highest BCUT2D eigenvalue weighted by Gasteiger charge is 2.38. The highest BCUT2D eigenvalue weighted by molar-refractivity contribution is 5.68. The van der Waals surface area contributed by atoms with Crippen molar-refractivity contribution < 1.29 is 9.53 Å². The molecule has 24 heavy (non-hydrogen) atoms. The summed E-state index contributed by atoms with van der Waals surface area (Å²) in [5.74, 6) is 0. The van der Waals surface area contributed by atoms with E-state index in [1.54, 1.807) is 0 Å². The SMILES string of the molecule is CC(C)(C)OC(=O)N1CCN([C@H]2CCC[C@H]2N2CCNCC2)CC1. The maximum absolute atomic E-state index is 12.2. The third-order valence-electron chi connectivity index (χ3n) is 5.50. The zero-order valence-corrected chi connectivity index (χ0v) is 15.6. The van der Waals surface area contributed by atoms with Gasteiger partial charge in [0, 0.05) is 64.4 Å². The van der Waals surface area contributed by atoms with Crippen LogP contribution in [0.4, 0.5) is 4.79 Å². The topological polar surface area (TPSA) is 48.1 Å². The highest BCUT2D eigenvalue weighted by atomic mass is 16.6. The Morgan fingerprint density at radius 3 is 2.00 bits per heavy atom. The summed E-state index contributed by atoms with van der Waals surface area (Å²) in [6.07, 6.45) is 3.82. The van der Waals surface area contributed by atoms with Crippen molar-refractivity contribution >= 4 is 6.09 Å². The molecule has 2 aliphatic heterocycles. The van der Waals surface area contributed by atoms with Gasteiger partial charge >= 0.3 is 6.09 Å². The maximum atomic E-state index is 12.2. The van der Waals surface area contributed by atoms with Gasteiger partial charge in [0.2, 0.25) is 0 Å². The van der Waals surface area contributed by atoms with E-state index in [4.69, 9.17) is 4.74 Å². The average molecular weight is 338 g/mol. The van der Waals surface area contributed by atoms with Crippen LogP contribution in [0.5, 0.6) is 0 Å². The van der Waals surface area contributed by atoms with E-state index < -0.39 is 5.60 Å². The molecule has 6 heteroatoms. The van der Waals surface area contributed by atoms with Crippen molar-refractivity contribution in [3.05, 3.63) is 0 Å². The fraction of sp³-hybridized carbons (Fsp3) is 0.944. The minimum absolute atomic E-state index is 0.160. The van der Waals surface area contributed by atoms with Gasteiger partial charge in [0.25, 0.3) is 0 Å². The standard InChI is InChI=1S/C18H34N4O2/c1-18(2,3)24-17(23)22-13-11-21(12-14-22)16-6-4-5-15(16)20-9-7-19-8-10-20/h15-16,19H,4-14H2,1-3H3/t15-,16+/m1/s1. The summed E-state index contributed by atoms with van der Waals surface area (Å²) in [4.78, 5) is 19.4. The van der Waals surface area contributed by atoms with Crippen molar-refractivity contribution in [1.82, 2.24) is 20.0 Å². The Hall–Kier alpha value is -0.850. The van der Waals surface area contributed by atoms with Crippen LogP contribution >= 0.6 is 0 Å². The van der Waals surface area contributed by atoms with E-state index in [1.165, 1.54) is 32.4 Å². The third kappa shape index (κ3) is 4.41. The first-order chi connectivity index (χ1) is 11.4. The van der Waals surface area contributed by atoms with Crippen LogP contribution in [0.2, 0.25) is 0 Å². The van der Waals surface area contributed by atoms with Gasteiger partial charge in [0.1, 0.15) is 5.60 Å². The normalized spacial score (nSPS) is 30.5. The van der Waals surface area contributed by atoms with Crippen LogP contribution in [-0.4, -0.2) is 90.8 Å². The number of nitrogens with zero attached hydrogens (tertiary/aromatic N) is 3. The Morgan fingerprint density at radius 1 is 0.917 bits per heavy atom. The Kier molecular flexibility index (Phi) is 5.67. The van der Waals surface area contributed by atoms with Crippen molar-refractivity contribution in [3.8, 4) is 0 Å². The van der Waals surface area contributed by atoms with E-state index in [9.17, 15) is 4.79 Å². The van der Waals surface area contributed by atoms with Crippen molar-refractivity contribution in [2.75, 3.05) is 52.4 Å². The molecule has 0 spiro atoms. The number of hydrogen-bond acceptors (Lipinski definition) is 5. The lowest BCUT2D eigenvalue weighted by molar-refractivity contribution is 0.00428. The lowest BCUT2D eigenvalue weighted by Gasteiger charge is -2.43. The molecule has 0 bridgehead atoms. The molecule has 6 nitrogen and oxygen atoms in total. The van der Waals surface area contributed by atoms with Crippen molar-refractivity contribution in [1.29, 1.82) is 0 Å². The average Bonchev–Trinajstić information content (AvgIpc) is 3.04. The quantitative estimate of drug-likeness (QED) is 0.824. The Balaban J connectivity index is 1.51. The van der Waals surface area contributed by atoms with Crippen LogP contribution in [0.3, 0.4) is 0 Å². The van der Waals surface area contributed by atoms with Crippen molar-refractivity contribution in [3.63, 3.8) is 0 Å². The van der Waals surface area contributed by atoms with E-state index >= 15 is 0 Å². The molecule has 1 aliphatic carbocycles. The molecule has 1 N–H and O–H groups in total. The van der Waals surface area contributed by atoms with E-state index in [0.29, 0.717) is 12.1 Å². The first-order valence-corrected chi connectivity index (χ1v) is 9.61. The predicted molar refractivity (Wildman–Crippen MR) is 95.2 cm³/mol. The summed E-state index contributed by atoms with van der Waals surface area (Å²) in [6.45, 7) is 13.9. The molecule has 0 unspecified atom stereocenters. The molecule has 0 aromatic rings. The van der Waals surface area contributed by atoms with Crippen LogP contribution in [0.25, 0.3) is 0 Å². The summed E-state index contributed by atoms with van der Waals surface area (Å²) in [7, 11) is 0. The van der Waals surface area contributed by atoms with Crippen LogP contribution in [-0.2, 0) is 4.74 Å². The molecule has 3 aliphatic rings. The summed E-state index contributed by atoms with van der Waals surface area (Å²) in [6, 6.07) is 1.38. The first-order valence-electron chi connectivity index (χ1n) is 9.61. The Bertz CT molecular complexity index is 423. The number of nitrogens with one attached hydrogen (secondary N) is 1. The second kappa shape index (κ2) is 7.58. The molecular formula is C18H34N4O2. The molecule has 3 fully saturated rings. The molecule has 1 amide bonds. The zero-order valence-electron chi connectivity index (χ0n) is 15.6. The molecule has 0 radical (unpaired) electrons. The monoisotopic (exact) mass is 338 g/mol. The molecule has 0 aromatic carbocycles. The number of rotatable bonds is 2. The van der Waals surface area contributed by atoms with Gasteiger partial charge in [-0.3, -0.25) is 9.80 Å². The number of amides is 1. The molecule has 138 valence electrons. The van der Waals surface area contributed by atoms with E-state index in [2.05, 4.69) is 15.1 Å². The first kappa shape index (κ1) is 18.0. The molecule has 1 saturated carbocycles. The number of piperazine rings is 2. The summed E-state index contributed by atoms with van der Waals surface area (Å²) in [5, 5.41) is 3.46. The van der Waals surface area contributed by atoms with E-state index in [0.717, 1.165) is 39.3 Å². The zero-order chi connectivity index (χ0) is 17.2. The van der Waals surface area contributed by atoms with Crippen molar-refractivity contribution in [2.45, 2.75) is 57.7 Å². The molecule has 2 heterocycles. The van der Waals surface area contributed by atoms with Crippen LogP contribution in [0.15, 0.2) is 0 Å². The van der Waals surface area contributed by atoms with Gasteiger partial charge in [0.15, 0.2) is 0 Å². The van der Waals surface area contributed by atoms with E-state index in [1.807, 2.05) is 25.7 Å². The van der Waals surface area contributed by atoms with Gasteiger partial charge in [-0.05, 0) is 33.6 Å². The van der Waals surface area contributed by atoms with Gasteiger partial charge < -0.3 is 15.0 Å². The molecule has 0 aromatic heterocycles. The predicted octanol–water partition coefficient (Wildman–Crippen LogP) is 1.37. The lowest BCUT2D eigenvalue weighted by Crippen LogP contribution is -2.58. The van der Waals surface area contributed by atoms with Crippen LogP contribution < -0.4 is 5.32 Å². The lowest BCUT2D eigenvalue weighted by atomic mass is 10.1. The number of ether oxygens (including phenoxy) is 1. The highest BCUT2D eigenvalue weighted by Crippen LogP contribution is 2.29. The molecule has 2 saturated heterocycles. The van der Waals surface area contributed by atoms with Crippen molar-refractivity contribution in [2.24, 2.45) is 0 Å².